The molecule has 0 unspecified atom stereocenters. The van der Waals surface area contributed by atoms with Crippen molar-refractivity contribution in [2.45, 2.75) is 13.8 Å². The second-order valence-corrected chi connectivity index (χ2v) is 4.89. The van der Waals surface area contributed by atoms with Crippen LogP contribution in [0, 0.1) is 19.7 Å². The van der Waals surface area contributed by atoms with Gasteiger partial charge in [0.2, 0.25) is 0 Å². The zero-order chi connectivity index (χ0) is 14.0. The number of halogens is 1. The van der Waals surface area contributed by atoms with E-state index in [0.29, 0.717) is 10.7 Å². The van der Waals surface area contributed by atoms with Crippen molar-refractivity contribution in [1.82, 2.24) is 0 Å². The van der Waals surface area contributed by atoms with E-state index in [0.717, 1.165) is 22.4 Å². The molecule has 0 radical (unpaired) electrons. The Hall–Kier alpha value is -1.94. The number of anilines is 2. The first kappa shape index (κ1) is 13.5. The number of thiocarbonyl (C=S) groups is 1. The predicted octanol–water partition coefficient (Wildman–Crippen LogP) is 3.82. The van der Waals surface area contributed by atoms with Gasteiger partial charge in [-0.3, -0.25) is 0 Å². The zero-order valence-corrected chi connectivity index (χ0v) is 11.6. The first-order chi connectivity index (χ1) is 8.99. The number of nitrogens with two attached hydrogens (primary N) is 1. The third-order valence-electron chi connectivity index (χ3n) is 2.98. The van der Waals surface area contributed by atoms with E-state index in [2.05, 4.69) is 5.32 Å². The highest BCUT2D eigenvalue weighted by Gasteiger charge is 2.07. The largest absolute Gasteiger partial charge is 0.389 e. The summed E-state index contributed by atoms with van der Waals surface area (Å²) in [6.07, 6.45) is 0. The Bertz CT molecular complexity index is 618. The number of hydrogen-bond donors (Lipinski definition) is 2. The Labute approximate surface area is 117 Å². The Balaban J connectivity index is 2.34. The van der Waals surface area contributed by atoms with Gasteiger partial charge in [-0.1, -0.05) is 24.4 Å². The molecule has 0 saturated heterocycles. The average Bonchev–Trinajstić information content (AvgIpc) is 2.33. The summed E-state index contributed by atoms with van der Waals surface area (Å²) in [6.45, 7) is 3.79. The SMILES string of the molecule is Cc1cc(Nc2c(C)cccc2F)ccc1C(N)=S. The maximum absolute atomic E-state index is 13.7. The molecule has 0 bridgehead atoms. The smallest absolute Gasteiger partial charge is 0.146 e. The lowest BCUT2D eigenvalue weighted by atomic mass is 10.1. The van der Waals surface area contributed by atoms with Crippen LogP contribution in [0.5, 0.6) is 0 Å². The summed E-state index contributed by atoms with van der Waals surface area (Å²) in [7, 11) is 0. The monoisotopic (exact) mass is 274 g/mol. The van der Waals surface area contributed by atoms with Crippen molar-refractivity contribution >= 4 is 28.6 Å². The van der Waals surface area contributed by atoms with Crippen LogP contribution in [0.4, 0.5) is 15.8 Å². The normalized spacial score (nSPS) is 10.3. The predicted molar refractivity (Wildman–Crippen MR) is 81.5 cm³/mol. The van der Waals surface area contributed by atoms with Crippen LogP contribution in [0.3, 0.4) is 0 Å². The van der Waals surface area contributed by atoms with Gasteiger partial charge in [-0.05, 0) is 49.2 Å². The number of hydrogen-bond acceptors (Lipinski definition) is 2. The van der Waals surface area contributed by atoms with E-state index in [1.54, 1.807) is 6.07 Å². The molecule has 0 aliphatic rings. The fraction of sp³-hybridized carbons (Fsp3) is 0.133. The number of aryl methyl sites for hydroxylation is 2. The molecule has 0 atom stereocenters. The van der Waals surface area contributed by atoms with Crippen molar-refractivity contribution in [3.05, 3.63) is 58.9 Å². The second-order valence-electron chi connectivity index (χ2n) is 4.45. The van der Waals surface area contributed by atoms with E-state index in [1.165, 1.54) is 6.07 Å². The lowest BCUT2D eigenvalue weighted by Crippen LogP contribution is -2.11. The number of nitrogens with one attached hydrogen (secondary N) is 1. The van der Waals surface area contributed by atoms with E-state index in [4.69, 9.17) is 18.0 Å². The van der Waals surface area contributed by atoms with Crippen LogP contribution in [-0.2, 0) is 0 Å². The van der Waals surface area contributed by atoms with Gasteiger partial charge in [-0.25, -0.2) is 4.39 Å². The van der Waals surface area contributed by atoms with Crippen molar-refractivity contribution in [2.24, 2.45) is 5.73 Å². The van der Waals surface area contributed by atoms with Gasteiger partial charge >= 0.3 is 0 Å². The molecule has 2 rings (SSSR count). The van der Waals surface area contributed by atoms with Crippen molar-refractivity contribution in [3.63, 3.8) is 0 Å². The van der Waals surface area contributed by atoms with Crippen LogP contribution in [0.1, 0.15) is 16.7 Å². The van der Waals surface area contributed by atoms with Crippen molar-refractivity contribution < 1.29 is 4.39 Å². The molecular formula is C15H15FN2S. The van der Waals surface area contributed by atoms with E-state index in [1.807, 2.05) is 38.1 Å². The van der Waals surface area contributed by atoms with Crippen molar-refractivity contribution in [2.75, 3.05) is 5.32 Å². The van der Waals surface area contributed by atoms with Gasteiger partial charge in [0, 0.05) is 11.3 Å². The Morgan fingerprint density at radius 2 is 1.89 bits per heavy atom. The average molecular weight is 274 g/mol. The molecule has 2 aromatic carbocycles. The minimum atomic E-state index is -0.268. The van der Waals surface area contributed by atoms with Gasteiger partial charge in [0.05, 0.1) is 5.69 Å². The molecular weight excluding hydrogens is 259 g/mol. The Kier molecular flexibility index (Phi) is 3.81. The molecule has 3 N–H and O–H groups in total. The lowest BCUT2D eigenvalue weighted by Gasteiger charge is -2.12. The van der Waals surface area contributed by atoms with E-state index in [-0.39, 0.29) is 5.82 Å². The Morgan fingerprint density at radius 3 is 2.47 bits per heavy atom. The van der Waals surface area contributed by atoms with Gasteiger partial charge in [0.25, 0.3) is 0 Å². The van der Waals surface area contributed by atoms with Crippen LogP contribution < -0.4 is 11.1 Å². The van der Waals surface area contributed by atoms with Gasteiger partial charge in [0.15, 0.2) is 0 Å². The van der Waals surface area contributed by atoms with Crippen molar-refractivity contribution in [3.8, 4) is 0 Å². The van der Waals surface area contributed by atoms with E-state index < -0.39 is 0 Å². The van der Waals surface area contributed by atoms with Crippen LogP contribution in [0.15, 0.2) is 36.4 Å². The van der Waals surface area contributed by atoms with Crippen LogP contribution in [-0.4, -0.2) is 4.99 Å². The highest BCUT2D eigenvalue weighted by Crippen LogP contribution is 2.25. The summed E-state index contributed by atoms with van der Waals surface area (Å²) in [6, 6.07) is 10.6. The molecule has 0 saturated carbocycles. The molecule has 0 amide bonds. The molecule has 2 nitrogen and oxygen atoms in total. The maximum atomic E-state index is 13.7. The lowest BCUT2D eigenvalue weighted by molar-refractivity contribution is 0.631. The van der Waals surface area contributed by atoms with Gasteiger partial charge in [-0.2, -0.15) is 0 Å². The molecule has 0 aliphatic carbocycles. The van der Waals surface area contributed by atoms with Gasteiger partial charge in [-0.15, -0.1) is 0 Å². The summed E-state index contributed by atoms with van der Waals surface area (Å²) >= 11 is 4.96. The minimum absolute atomic E-state index is 0.268. The van der Waals surface area contributed by atoms with Crippen LogP contribution >= 0.6 is 12.2 Å². The zero-order valence-electron chi connectivity index (χ0n) is 10.8. The van der Waals surface area contributed by atoms with Crippen molar-refractivity contribution in [1.29, 1.82) is 0 Å². The molecule has 0 heterocycles. The third-order valence-corrected chi connectivity index (χ3v) is 3.20. The summed E-state index contributed by atoms with van der Waals surface area (Å²) in [5, 5.41) is 3.09. The van der Waals surface area contributed by atoms with Gasteiger partial charge in [0.1, 0.15) is 10.8 Å². The van der Waals surface area contributed by atoms with E-state index >= 15 is 0 Å². The van der Waals surface area contributed by atoms with Crippen LogP contribution in [0.25, 0.3) is 0 Å². The fourth-order valence-electron chi connectivity index (χ4n) is 1.95. The molecule has 98 valence electrons. The maximum Gasteiger partial charge on any atom is 0.146 e. The quantitative estimate of drug-likeness (QED) is 0.836. The molecule has 2 aromatic rings. The van der Waals surface area contributed by atoms with Crippen LogP contribution in [0.2, 0.25) is 0 Å². The standard InChI is InChI=1S/C15H15FN2S/c1-9-4-3-5-13(16)14(9)18-11-6-7-12(15(17)19)10(2)8-11/h3-8,18H,1-2H3,(H2,17,19). The first-order valence-electron chi connectivity index (χ1n) is 5.91. The highest BCUT2D eigenvalue weighted by molar-refractivity contribution is 7.80. The summed E-state index contributed by atoms with van der Waals surface area (Å²) < 4.78 is 13.7. The molecule has 19 heavy (non-hydrogen) atoms. The molecule has 0 fully saturated rings. The topological polar surface area (TPSA) is 38.0 Å². The molecule has 0 spiro atoms. The summed E-state index contributed by atoms with van der Waals surface area (Å²) in [4.78, 5) is 0.367. The first-order valence-corrected chi connectivity index (χ1v) is 6.32. The number of benzene rings is 2. The number of rotatable bonds is 3. The highest BCUT2D eigenvalue weighted by atomic mass is 32.1. The second kappa shape index (κ2) is 5.36. The fourth-order valence-corrected chi connectivity index (χ4v) is 2.18. The van der Waals surface area contributed by atoms with E-state index in [9.17, 15) is 4.39 Å². The molecule has 0 aliphatic heterocycles. The molecule has 0 aromatic heterocycles. The van der Waals surface area contributed by atoms with Gasteiger partial charge < -0.3 is 11.1 Å². The number of para-hydroxylation sites is 1. The summed E-state index contributed by atoms with van der Waals surface area (Å²) in [5.41, 5.74) is 9.58. The molecule has 4 heteroatoms. The minimum Gasteiger partial charge on any atom is -0.389 e. The summed E-state index contributed by atoms with van der Waals surface area (Å²) in [5.74, 6) is -0.268. The third kappa shape index (κ3) is 2.90. The Morgan fingerprint density at radius 1 is 1.16 bits per heavy atom.